The van der Waals surface area contributed by atoms with E-state index in [0.29, 0.717) is 0 Å². The largest absolute Gasteiger partial charge is 0.262 e. The third kappa shape index (κ3) is 6.74. The molecule has 0 atom stereocenters. The van der Waals surface area contributed by atoms with Crippen LogP contribution in [-0.4, -0.2) is 21.3 Å². The number of unbranched alkanes of at least 4 members (excludes halogenated alkanes) is 6. The standard InChI is InChI=1S/C14H26N2S2/c1-13-12-14(16(2)15-13)18-11-9-7-5-3-4-6-8-10-17/h12,17H,3-11H2,1-2H3. The van der Waals surface area contributed by atoms with Gasteiger partial charge in [0.15, 0.2) is 0 Å². The van der Waals surface area contributed by atoms with Crippen molar-refractivity contribution >= 4 is 24.4 Å². The van der Waals surface area contributed by atoms with Crippen molar-refractivity contribution in [2.75, 3.05) is 11.5 Å². The van der Waals surface area contributed by atoms with E-state index >= 15 is 0 Å². The van der Waals surface area contributed by atoms with Crippen LogP contribution in [0.3, 0.4) is 0 Å². The van der Waals surface area contributed by atoms with E-state index in [-0.39, 0.29) is 0 Å². The average molecular weight is 287 g/mol. The molecule has 1 aromatic rings. The first-order chi connectivity index (χ1) is 8.74. The topological polar surface area (TPSA) is 17.8 Å². The molecule has 0 amide bonds. The molecule has 0 bridgehead atoms. The summed E-state index contributed by atoms with van der Waals surface area (Å²) in [4.78, 5) is 0. The van der Waals surface area contributed by atoms with Crippen molar-refractivity contribution < 1.29 is 0 Å². The smallest absolute Gasteiger partial charge is 0.0939 e. The first kappa shape index (κ1) is 16.0. The number of hydrogen-bond donors (Lipinski definition) is 1. The van der Waals surface area contributed by atoms with Crippen LogP contribution in [0.4, 0.5) is 0 Å². The number of aromatic nitrogens is 2. The van der Waals surface area contributed by atoms with E-state index in [1.165, 1.54) is 55.7 Å². The van der Waals surface area contributed by atoms with Gasteiger partial charge >= 0.3 is 0 Å². The van der Waals surface area contributed by atoms with Crippen molar-refractivity contribution in [3.8, 4) is 0 Å². The monoisotopic (exact) mass is 286 g/mol. The first-order valence-corrected chi connectivity index (χ1v) is 8.60. The van der Waals surface area contributed by atoms with Gasteiger partial charge in [0.2, 0.25) is 0 Å². The predicted octanol–water partition coefficient (Wildman–Crippen LogP) is 4.48. The zero-order valence-electron chi connectivity index (χ0n) is 11.7. The summed E-state index contributed by atoms with van der Waals surface area (Å²) in [7, 11) is 2.02. The first-order valence-electron chi connectivity index (χ1n) is 6.98. The van der Waals surface area contributed by atoms with Gasteiger partial charge in [0, 0.05) is 7.05 Å². The Balaban J connectivity index is 1.94. The summed E-state index contributed by atoms with van der Waals surface area (Å²) in [5.41, 5.74) is 1.11. The van der Waals surface area contributed by atoms with Gasteiger partial charge in [-0.2, -0.15) is 17.7 Å². The minimum atomic E-state index is 1.04. The van der Waals surface area contributed by atoms with E-state index < -0.39 is 0 Å². The Kier molecular flexibility index (Phi) is 8.68. The van der Waals surface area contributed by atoms with Crippen LogP contribution in [0.25, 0.3) is 0 Å². The Hall–Kier alpha value is -0.0900. The van der Waals surface area contributed by atoms with Crippen molar-refractivity contribution in [1.29, 1.82) is 0 Å². The molecular weight excluding hydrogens is 260 g/mol. The van der Waals surface area contributed by atoms with Gasteiger partial charge in [0.1, 0.15) is 0 Å². The molecular formula is C14H26N2S2. The van der Waals surface area contributed by atoms with Crippen LogP contribution in [0.5, 0.6) is 0 Å². The summed E-state index contributed by atoms with van der Waals surface area (Å²) in [6, 6.07) is 2.17. The molecule has 1 rings (SSSR count). The molecule has 0 fully saturated rings. The number of thiol groups is 1. The second-order valence-corrected chi connectivity index (χ2v) is 6.36. The third-order valence-corrected chi connectivity index (χ3v) is 4.50. The van der Waals surface area contributed by atoms with Crippen LogP contribution in [-0.2, 0) is 7.05 Å². The lowest BCUT2D eigenvalue weighted by Gasteiger charge is -2.02. The van der Waals surface area contributed by atoms with E-state index in [9.17, 15) is 0 Å². The van der Waals surface area contributed by atoms with Crippen molar-refractivity contribution in [1.82, 2.24) is 9.78 Å². The van der Waals surface area contributed by atoms with Gasteiger partial charge in [-0.25, -0.2) is 0 Å². The molecule has 0 aliphatic rings. The molecule has 0 aromatic carbocycles. The van der Waals surface area contributed by atoms with E-state index in [1.54, 1.807) is 0 Å². The Morgan fingerprint density at radius 1 is 1.11 bits per heavy atom. The van der Waals surface area contributed by atoms with Crippen LogP contribution in [0.2, 0.25) is 0 Å². The lowest BCUT2D eigenvalue weighted by atomic mass is 10.1. The second-order valence-electron chi connectivity index (χ2n) is 4.79. The van der Waals surface area contributed by atoms with Crippen LogP contribution in [0.15, 0.2) is 11.1 Å². The van der Waals surface area contributed by atoms with Gasteiger partial charge in [-0.05, 0) is 37.3 Å². The van der Waals surface area contributed by atoms with Gasteiger partial charge in [0.25, 0.3) is 0 Å². The SMILES string of the molecule is Cc1cc(SCCCCCCCCCS)n(C)n1. The van der Waals surface area contributed by atoms with E-state index in [4.69, 9.17) is 0 Å². The van der Waals surface area contributed by atoms with Gasteiger partial charge in [-0.15, -0.1) is 11.8 Å². The molecule has 0 aliphatic carbocycles. The zero-order chi connectivity index (χ0) is 13.2. The molecule has 0 N–H and O–H groups in total. The lowest BCUT2D eigenvalue weighted by Crippen LogP contribution is -1.93. The third-order valence-electron chi connectivity index (χ3n) is 3.01. The van der Waals surface area contributed by atoms with Crippen molar-refractivity contribution in [2.45, 2.75) is 56.9 Å². The highest BCUT2D eigenvalue weighted by Gasteiger charge is 2.01. The number of aryl methyl sites for hydroxylation is 2. The molecule has 104 valence electrons. The van der Waals surface area contributed by atoms with Crippen LogP contribution in [0, 0.1) is 6.92 Å². The molecule has 18 heavy (non-hydrogen) atoms. The summed E-state index contributed by atoms with van der Waals surface area (Å²) in [5, 5.41) is 5.65. The van der Waals surface area contributed by atoms with E-state index in [0.717, 1.165) is 11.4 Å². The highest BCUT2D eigenvalue weighted by atomic mass is 32.2. The number of thioether (sulfide) groups is 1. The van der Waals surface area contributed by atoms with Crippen molar-refractivity contribution in [3.05, 3.63) is 11.8 Å². The molecule has 1 aromatic heterocycles. The van der Waals surface area contributed by atoms with Gasteiger partial charge < -0.3 is 0 Å². The second kappa shape index (κ2) is 9.79. The molecule has 2 nitrogen and oxygen atoms in total. The highest BCUT2D eigenvalue weighted by Crippen LogP contribution is 2.20. The molecule has 0 saturated carbocycles. The number of nitrogens with zero attached hydrogens (tertiary/aromatic N) is 2. The fourth-order valence-electron chi connectivity index (χ4n) is 2.00. The molecule has 1 heterocycles. The van der Waals surface area contributed by atoms with Crippen LogP contribution in [0.1, 0.15) is 50.6 Å². The molecule has 4 heteroatoms. The minimum Gasteiger partial charge on any atom is -0.262 e. The minimum absolute atomic E-state index is 1.04. The number of rotatable bonds is 10. The van der Waals surface area contributed by atoms with Crippen molar-refractivity contribution in [2.24, 2.45) is 7.05 Å². The maximum absolute atomic E-state index is 4.36. The van der Waals surface area contributed by atoms with Crippen LogP contribution >= 0.6 is 24.4 Å². The quantitative estimate of drug-likeness (QED) is 0.388. The highest BCUT2D eigenvalue weighted by molar-refractivity contribution is 7.99. The van der Waals surface area contributed by atoms with Gasteiger partial charge in [0.05, 0.1) is 10.7 Å². The van der Waals surface area contributed by atoms with Gasteiger partial charge in [-0.3, -0.25) is 4.68 Å². The summed E-state index contributed by atoms with van der Waals surface area (Å²) in [6.07, 6.45) is 9.48. The number of hydrogen-bond acceptors (Lipinski definition) is 3. The van der Waals surface area contributed by atoms with E-state index in [2.05, 4.69) is 30.7 Å². The molecule has 0 spiro atoms. The fourth-order valence-corrected chi connectivity index (χ4v) is 3.26. The zero-order valence-corrected chi connectivity index (χ0v) is 13.4. The Morgan fingerprint density at radius 3 is 2.28 bits per heavy atom. The lowest BCUT2D eigenvalue weighted by molar-refractivity contribution is 0.605. The molecule has 0 aliphatic heterocycles. The summed E-state index contributed by atoms with van der Waals surface area (Å²) < 4.78 is 1.98. The van der Waals surface area contributed by atoms with Crippen LogP contribution < -0.4 is 0 Å². The van der Waals surface area contributed by atoms with E-state index in [1.807, 2.05) is 23.5 Å². The average Bonchev–Trinajstić information content (AvgIpc) is 2.66. The normalized spacial score (nSPS) is 11.1. The molecule has 0 unspecified atom stereocenters. The maximum atomic E-state index is 4.36. The summed E-state index contributed by atoms with van der Waals surface area (Å²) in [6.45, 7) is 2.05. The fraction of sp³-hybridized carbons (Fsp3) is 0.786. The maximum Gasteiger partial charge on any atom is 0.0939 e. The van der Waals surface area contributed by atoms with Crippen molar-refractivity contribution in [3.63, 3.8) is 0 Å². The Morgan fingerprint density at radius 2 is 1.72 bits per heavy atom. The summed E-state index contributed by atoms with van der Waals surface area (Å²) >= 11 is 6.16. The Bertz CT molecular complexity index is 324. The van der Waals surface area contributed by atoms with Gasteiger partial charge in [-0.1, -0.05) is 32.1 Å². The summed E-state index contributed by atoms with van der Waals surface area (Å²) in [5.74, 6) is 2.26. The predicted molar refractivity (Wildman–Crippen MR) is 84.8 cm³/mol. The molecule has 0 saturated heterocycles. The Labute approximate surface area is 121 Å². The molecule has 0 radical (unpaired) electrons.